The van der Waals surface area contributed by atoms with Gasteiger partial charge >= 0.3 is 0 Å². The lowest BCUT2D eigenvalue weighted by Crippen LogP contribution is -2.50. The van der Waals surface area contributed by atoms with Gasteiger partial charge in [-0.3, -0.25) is 4.79 Å². The van der Waals surface area contributed by atoms with Crippen LogP contribution in [0.3, 0.4) is 0 Å². The summed E-state index contributed by atoms with van der Waals surface area (Å²) in [4.78, 5) is 13.9. The monoisotopic (exact) mass is 214 g/mol. The fourth-order valence-corrected chi connectivity index (χ4v) is 1.89. The SMILES string of the molecule is O=C([C@@H]1CNCCO1)N1CCCOCC1. The van der Waals surface area contributed by atoms with Crippen molar-refractivity contribution in [2.24, 2.45) is 0 Å². The largest absolute Gasteiger partial charge is 0.380 e. The molecule has 15 heavy (non-hydrogen) atoms. The first-order valence-electron chi connectivity index (χ1n) is 5.57. The van der Waals surface area contributed by atoms with Crippen molar-refractivity contribution >= 4 is 5.91 Å². The molecule has 1 atom stereocenters. The molecule has 5 heteroatoms. The molecule has 2 aliphatic rings. The minimum absolute atomic E-state index is 0.104. The van der Waals surface area contributed by atoms with Crippen LogP contribution in [-0.4, -0.2) is 62.9 Å². The van der Waals surface area contributed by atoms with E-state index < -0.39 is 0 Å². The van der Waals surface area contributed by atoms with Gasteiger partial charge in [-0.15, -0.1) is 0 Å². The Morgan fingerprint density at radius 3 is 3.00 bits per heavy atom. The van der Waals surface area contributed by atoms with E-state index in [0.717, 1.165) is 26.1 Å². The first-order valence-corrected chi connectivity index (χ1v) is 5.57. The molecule has 2 heterocycles. The van der Waals surface area contributed by atoms with Crippen molar-refractivity contribution in [3.8, 4) is 0 Å². The lowest BCUT2D eigenvalue weighted by Gasteiger charge is -2.28. The number of morpholine rings is 1. The molecule has 0 radical (unpaired) electrons. The van der Waals surface area contributed by atoms with E-state index in [9.17, 15) is 4.79 Å². The van der Waals surface area contributed by atoms with Crippen LogP contribution in [0.1, 0.15) is 6.42 Å². The summed E-state index contributed by atoms with van der Waals surface area (Å²) in [6.07, 6.45) is 0.628. The normalized spacial score (nSPS) is 28.5. The third-order valence-electron chi connectivity index (χ3n) is 2.74. The van der Waals surface area contributed by atoms with E-state index in [0.29, 0.717) is 26.3 Å². The van der Waals surface area contributed by atoms with E-state index in [4.69, 9.17) is 9.47 Å². The second kappa shape index (κ2) is 5.44. The van der Waals surface area contributed by atoms with Gasteiger partial charge in [0.05, 0.1) is 13.2 Å². The maximum atomic E-state index is 12.0. The predicted molar refractivity (Wildman–Crippen MR) is 54.6 cm³/mol. The number of hydrogen-bond donors (Lipinski definition) is 1. The Hall–Kier alpha value is -0.650. The van der Waals surface area contributed by atoms with Crippen molar-refractivity contribution in [1.29, 1.82) is 0 Å². The molecule has 2 rings (SSSR count). The zero-order valence-electron chi connectivity index (χ0n) is 8.91. The quantitative estimate of drug-likeness (QED) is 0.622. The van der Waals surface area contributed by atoms with Crippen LogP contribution in [0.4, 0.5) is 0 Å². The molecule has 0 aromatic carbocycles. The second-order valence-electron chi connectivity index (χ2n) is 3.85. The zero-order chi connectivity index (χ0) is 10.5. The summed E-state index contributed by atoms with van der Waals surface area (Å²) in [5, 5.41) is 3.17. The van der Waals surface area contributed by atoms with Crippen molar-refractivity contribution in [2.75, 3.05) is 46.0 Å². The number of hydrogen-bond acceptors (Lipinski definition) is 4. The van der Waals surface area contributed by atoms with E-state index >= 15 is 0 Å². The van der Waals surface area contributed by atoms with Gasteiger partial charge in [-0.25, -0.2) is 0 Å². The summed E-state index contributed by atoms with van der Waals surface area (Å²) in [6.45, 7) is 4.99. The van der Waals surface area contributed by atoms with Crippen molar-refractivity contribution in [3.05, 3.63) is 0 Å². The molecular weight excluding hydrogens is 196 g/mol. The summed E-state index contributed by atoms with van der Waals surface area (Å²) in [7, 11) is 0. The fourth-order valence-electron chi connectivity index (χ4n) is 1.89. The molecule has 0 aromatic heterocycles. The van der Waals surface area contributed by atoms with Crippen LogP contribution < -0.4 is 5.32 Å². The Balaban J connectivity index is 1.87. The molecule has 2 saturated heterocycles. The van der Waals surface area contributed by atoms with E-state index in [1.165, 1.54) is 0 Å². The third kappa shape index (κ3) is 2.90. The van der Waals surface area contributed by atoms with Crippen molar-refractivity contribution in [2.45, 2.75) is 12.5 Å². The van der Waals surface area contributed by atoms with Crippen molar-refractivity contribution in [1.82, 2.24) is 10.2 Å². The molecule has 2 aliphatic heterocycles. The highest BCUT2D eigenvalue weighted by molar-refractivity contribution is 5.81. The lowest BCUT2D eigenvalue weighted by molar-refractivity contribution is -0.145. The van der Waals surface area contributed by atoms with E-state index in [1.807, 2.05) is 4.90 Å². The average molecular weight is 214 g/mol. The van der Waals surface area contributed by atoms with Crippen molar-refractivity contribution in [3.63, 3.8) is 0 Å². The van der Waals surface area contributed by atoms with E-state index in [-0.39, 0.29) is 12.0 Å². The Labute approximate surface area is 89.7 Å². The Morgan fingerprint density at radius 2 is 2.20 bits per heavy atom. The molecule has 1 N–H and O–H groups in total. The summed E-state index contributed by atoms with van der Waals surface area (Å²) in [5.74, 6) is 0.104. The predicted octanol–water partition coefficient (Wildman–Crippen LogP) is -0.776. The van der Waals surface area contributed by atoms with Crippen molar-refractivity contribution < 1.29 is 14.3 Å². The van der Waals surface area contributed by atoms with Gasteiger partial charge in [0.15, 0.2) is 0 Å². The minimum atomic E-state index is -0.295. The maximum Gasteiger partial charge on any atom is 0.253 e. The molecule has 0 spiro atoms. The summed E-state index contributed by atoms with van der Waals surface area (Å²) >= 11 is 0. The van der Waals surface area contributed by atoms with Crippen LogP contribution in [0.2, 0.25) is 0 Å². The van der Waals surface area contributed by atoms with Crippen LogP contribution >= 0.6 is 0 Å². The number of amides is 1. The smallest absolute Gasteiger partial charge is 0.253 e. The highest BCUT2D eigenvalue weighted by Gasteiger charge is 2.27. The Kier molecular flexibility index (Phi) is 3.94. The van der Waals surface area contributed by atoms with Crippen LogP contribution in [0.25, 0.3) is 0 Å². The fraction of sp³-hybridized carbons (Fsp3) is 0.900. The number of ether oxygens (including phenoxy) is 2. The molecule has 2 fully saturated rings. The van der Waals surface area contributed by atoms with Gasteiger partial charge in [0, 0.05) is 32.8 Å². The Bertz CT molecular complexity index is 209. The first kappa shape index (κ1) is 10.9. The number of carbonyl (C=O) groups excluding carboxylic acids is 1. The number of nitrogens with zero attached hydrogens (tertiary/aromatic N) is 1. The number of nitrogens with one attached hydrogen (secondary N) is 1. The molecule has 5 nitrogen and oxygen atoms in total. The van der Waals surface area contributed by atoms with Crippen LogP contribution in [0.5, 0.6) is 0 Å². The minimum Gasteiger partial charge on any atom is -0.380 e. The average Bonchev–Trinajstić information content (AvgIpc) is 2.58. The van der Waals surface area contributed by atoms with Gasteiger partial charge in [0.1, 0.15) is 6.10 Å². The van der Waals surface area contributed by atoms with Gasteiger partial charge in [-0.05, 0) is 6.42 Å². The van der Waals surface area contributed by atoms with Gasteiger partial charge in [-0.2, -0.15) is 0 Å². The summed E-state index contributed by atoms with van der Waals surface area (Å²) in [6, 6.07) is 0. The third-order valence-corrected chi connectivity index (χ3v) is 2.74. The molecule has 86 valence electrons. The van der Waals surface area contributed by atoms with E-state index in [2.05, 4.69) is 5.32 Å². The molecule has 0 bridgehead atoms. The molecule has 0 saturated carbocycles. The second-order valence-corrected chi connectivity index (χ2v) is 3.85. The summed E-state index contributed by atoms with van der Waals surface area (Å²) in [5.41, 5.74) is 0. The number of carbonyl (C=O) groups is 1. The molecule has 0 aliphatic carbocycles. The van der Waals surface area contributed by atoms with Crippen LogP contribution in [-0.2, 0) is 14.3 Å². The molecule has 0 unspecified atom stereocenters. The van der Waals surface area contributed by atoms with Crippen LogP contribution in [0.15, 0.2) is 0 Å². The highest BCUT2D eigenvalue weighted by atomic mass is 16.5. The zero-order valence-corrected chi connectivity index (χ0v) is 8.91. The molecular formula is C10H18N2O3. The molecule has 0 aromatic rings. The van der Waals surface area contributed by atoms with Gasteiger partial charge in [-0.1, -0.05) is 0 Å². The number of rotatable bonds is 1. The molecule has 1 amide bonds. The van der Waals surface area contributed by atoms with Crippen LogP contribution in [0, 0.1) is 0 Å². The lowest BCUT2D eigenvalue weighted by atomic mass is 10.2. The van der Waals surface area contributed by atoms with E-state index in [1.54, 1.807) is 0 Å². The van der Waals surface area contributed by atoms with Gasteiger partial charge < -0.3 is 19.7 Å². The standard InChI is InChI=1S/C10H18N2O3/c13-10(9-8-11-2-6-15-9)12-3-1-5-14-7-4-12/h9,11H,1-8H2/t9-/m0/s1. The highest BCUT2D eigenvalue weighted by Crippen LogP contribution is 2.06. The first-order chi connectivity index (χ1) is 7.38. The van der Waals surface area contributed by atoms with Gasteiger partial charge in [0.25, 0.3) is 5.91 Å². The van der Waals surface area contributed by atoms with Gasteiger partial charge in [0.2, 0.25) is 0 Å². The Morgan fingerprint density at radius 1 is 1.27 bits per heavy atom. The summed E-state index contributed by atoms with van der Waals surface area (Å²) < 4.78 is 10.8. The maximum absolute atomic E-state index is 12.0. The topological polar surface area (TPSA) is 50.8 Å².